The summed E-state index contributed by atoms with van der Waals surface area (Å²) in [6.07, 6.45) is 0. The van der Waals surface area contributed by atoms with Crippen molar-refractivity contribution in [2.75, 3.05) is 0 Å². The first-order valence-corrected chi connectivity index (χ1v) is 3.50. The van der Waals surface area contributed by atoms with E-state index >= 15 is 0 Å². The van der Waals surface area contributed by atoms with Gasteiger partial charge in [-0.15, -0.1) is 11.6 Å². The van der Waals surface area contributed by atoms with Crippen LogP contribution < -0.4 is 0 Å². The molecule has 0 aliphatic heterocycles. The Labute approximate surface area is 67.7 Å². The number of carbonyl (C=O) groups excluding carboxylic acids is 1. The summed E-state index contributed by atoms with van der Waals surface area (Å²) < 4.78 is 4.88. The van der Waals surface area contributed by atoms with Gasteiger partial charge in [0.15, 0.2) is 5.76 Å². The minimum Gasteiger partial charge on any atom is -0.455 e. The lowest BCUT2D eigenvalue weighted by atomic mass is 10.4. The van der Waals surface area contributed by atoms with E-state index in [0.717, 1.165) is 0 Å². The van der Waals surface area contributed by atoms with Crippen LogP contribution in [-0.2, 0) is 5.88 Å². The third kappa shape index (κ3) is 1.52. The van der Waals surface area contributed by atoms with Crippen LogP contribution in [0.4, 0.5) is 0 Å². The molecule has 0 spiro atoms. The SMILES string of the molecule is O=C(Cl)c1ccc(CCl)o1. The summed E-state index contributed by atoms with van der Waals surface area (Å²) >= 11 is 10.5. The average Bonchev–Trinajstić information content (AvgIpc) is 2.34. The predicted molar refractivity (Wildman–Crippen MR) is 38.4 cm³/mol. The highest BCUT2D eigenvalue weighted by molar-refractivity contribution is 6.67. The van der Waals surface area contributed by atoms with E-state index < -0.39 is 5.24 Å². The van der Waals surface area contributed by atoms with Gasteiger partial charge in [-0.05, 0) is 23.7 Å². The number of halogens is 2. The first-order valence-electron chi connectivity index (χ1n) is 2.58. The molecule has 4 heteroatoms. The highest BCUT2D eigenvalue weighted by Crippen LogP contribution is 2.11. The minimum absolute atomic E-state index is 0.136. The molecule has 0 aliphatic carbocycles. The van der Waals surface area contributed by atoms with E-state index in [-0.39, 0.29) is 11.6 Å². The minimum atomic E-state index is -0.601. The van der Waals surface area contributed by atoms with E-state index in [1.165, 1.54) is 6.07 Å². The molecule has 54 valence electrons. The average molecular weight is 179 g/mol. The fraction of sp³-hybridized carbons (Fsp3) is 0.167. The first-order chi connectivity index (χ1) is 4.74. The van der Waals surface area contributed by atoms with Crippen LogP contribution in [0.5, 0.6) is 0 Å². The van der Waals surface area contributed by atoms with Crippen LogP contribution >= 0.6 is 23.2 Å². The highest BCUT2D eigenvalue weighted by Gasteiger charge is 2.06. The lowest BCUT2D eigenvalue weighted by Gasteiger charge is -1.84. The van der Waals surface area contributed by atoms with Crippen molar-refractivity contribution in [1.82, 2.24) is 0 Å². The molecule has 1 aromatic heterocycles. The lowest BCUT2D eigenvalue weighted by molar-refractivity contribution is 0.105. The number of alkyl halides is 1. The van der Waals surface area contributed by atoms with Crippen molar-refractivity contribution in [3.63, 3.8) is 0 Å². The highest BCUT2D eigenvalue weighted by atomic mass is 35.5. The fourth-order valence-electron chi connectivity index (χ4n) is 0.555. The Balaban J connectivity index is 2.88. The Bertz CT molecular complexity index is 242. The van der Waals surface area contributed by atoms with E-state index in [1.54, 1.807) is 6.07 Å². The van der Waals surface area contributed by atoms with Gasteiger partial charge in [0.1, 0.15) is 5.76 Å². The van der Waals surface area contributed by atoms with E-state index in [4.69, 9.17) is 27.6 Å². The lowest BCUT2D eigenvalue weighted by Crippen LogP contribution is -1.81. The van der Waals surface area contributed by atoms with Crippen molar-refractivity contribution in [3.05, 3.63) is 23.7 Å². The fourth-order valence-corrected chi connectivity index (χ4v) is 0.801. The van der Waals surface area contributed by atoms with Crippen molar-refractivity contribution in [3.8, 4) is 0 Å². The van der Waals surface area contributed by atoms with Crippen molar-refractivity contribution in [2.45, 2.75) is 5.88 Å². The predicted octanol–water partition coefficient (Wildman–Crippen LogP) is 2.40. The Morgan fingerprint density at radius 1 is 1.60 bits per heavy atom. The van der Waals surface area contributed by atoms with Gasteiger partial charge in [0.25, 0.3) is 5.24 Å². The smallest absolute Gasteiger partial charge is 0.287 e. The van der Waals surface area contributed by atoms with Gasteiger partial charge >= 0.3 is 0 Å². The first kappa shape index (κ1) is 7.63. The third-order valence-corrected chi connectivity index (χ3v) is 1.44. The molecule has 2 nitrogen and oxygen atoms in total. The number of hydrogen-bond acceptors (Lipinski definition) is 2. The van der Waals surface area contributed by atoms with Gasteiger partial charge < -0.3 is 4.42 Å². The number of hydrogen-bond donors (Lipinski definition) is 0. The second-order valence-electron chi connectivity index (χ2n) is 1.67. The molecule has 0 amide bonds. The molecular formula is C6H4Cl2O2. The molecule has 1 heterocycles. The molecule has 1 rings (SSSR count). The molecule has 0 N–H and O–H groups in total. The van der Waals surface area contributed by atoms with Crippen LogP contribution in [0.2, 0.25) is 0 Å². The van der Waals surface area contributed by atoms with Gasteiger partial charge in [-0.1, -0.05) is 0 Å². The van der Waals surface area contributed by atoms with Crippen molar-refractivity contribution in [2.24, 2.45) is 0 Å². The van der Waals surface area contributed by atoms with Crippen LogP contribution in [0.15, 0.2) is 16.5 Å². The Morgan fingerprint density at radius 3 is 2.60 bits per heavy atom. The molecule has 0 radical (unpaired) electrons. The van der Waals surface area contributed by atoms with Crippen LogP contribution in [0.25, 0.3) is 0 Å². The quantitative estimate of drug-likeness (QED) is 0.515. The molecule has 10 heavy (non-hydrogen) atoms. The van der Waals surface area contributed by atoms with Crippen LogP contribution in [0.3, 0.4) is 0 Å². The maximum Gasteiger partial charge on any atom is 0.287 e. The van der Waals surface area contributed by atoms with Gasteiger partial charge in [-0.2, -0.15) is 0 Å². The normalized spacial score (nSPS) is 9.80. The standard InChI is InChI=1S/C6H4Cl2O2/c7-3-4-1-2-5(10-4)6(8)9/h1-2H,3H2. The van der Waals surface area contributed by atoms with Crippen LogP contribution in [-0.4, -0.2) is 5.24 Å². The van der Waals surface area contributed by atoms with Crippen LogP contribution in [0.1, 0.15) is 16.3 Å². The summed E-state index contributed by atoms with van der Waals surface area (Å²) in [6.45, 7) is 0. The Kier molecular flexibility index (Phi) is 2.35. The second-order valence-corrected chi connectivity index (χ2v) is 2.28. The Hall–Kier alpha value is -0.470. The monoisotopic (exact) mass is 178 g/mol. The van der Waals surface area contributed by atoms with Gasteiger partial charge in [0.05, 0.1) is 5.88 Å². The second kappa shape index (κ2) is 3.08. The zero-order valence-corrected chi connectivity index (χ0v) is 6.45. The van der Waals surface area contributed by atoms with E-state index in [2.05, 4.69) is 0 Å². The third-order valence-electron chi connectivity index (χ3n) is 0.987. The maximum absolute atomic E-state index is 10.4. The molecule has 0 unspecified atom stereocenters. The number of carbonyl (C=O) groups is 1. The maximum atomic E-state index is 10.4. The summed E-state index contributed by atoms with van der Waals surface area (Å²) in [4.78, 5) is 10.4. The molecular weight excluding hydrogens is 175 g/mol. The molecule has 1 aromatic rings. The Morgan fingerprint density at radius 2 is 2.30 bits per heavy atom. The van der Waals surface area contributed by atoms with Crippen molar-refractivity contribution in [1.29, 1.82) is 0 Å². The van der Waals surface area contributed by atoms with E-state index in [1.807, 2.05) is 0 Å². The summed E-state index contributed by atoms with van der Waals surface area (Å²) in [7, 11) is 0. The van der Waals surface area contributed by atoms with Gasteiger partial charge in [0, 0.05) is 0 Å². The summed E-state index contributed by atoms with van der Waals surface area (Å²) in [5.41, 5.74) is 0. The molecule has 0 fully saturated rings. The zero-order valence-electron chi connectivity index (χ0n) is 4.93. The molecule has 0 aromatic carbocycles. The molecule has 0 aliphatic rings. The number of furan rings is 1. The summed E-state index contributed by atoms with van der Waals surface area (Å²) in [6, 6.07) is 3.11. The van der Waals surface area contributed by atoms with E-state index in [9.17, 15) is 4.79 Å². The van der Waals surface area contributed by atoms with E-state index in [0.29, 0.717) is 5.76 Å². The number of rotatable bonds is 2. The van der Waals surface area contributed by atoms with Gasteiger partial charge in [-0.3, -0.25) is 4.79 Å². The topological polar surface area (TPSA) is 30.2 Å². The molecule has 0 saturated carbocycles. The summed E-state index contributed by atoms with van der Waals surface area (Å²) in [5, 5.41) is -0.601. The van der Waals surface area contributed by atoms with Crippen molar-refractivity contribution < 1.29 is 9.21 Å². The molecule has 0 bridgehead atoms. The molecule has 0 saturated heterocycles. The van der Waals surface area contributed by atoms with Crippen molar-refractivity contribution >= 4 is 28.4 Å². The van der Waals surface area contributed by atoms with Gasteiger partial charge in [-0.25, -0.2) is 0 Å². The summed E-state index contributed by atoms with van der Waals surface area (Å²) in [5.74, 6) is 0.937. The largest absolute Gasteiger partial charge is 0.455 e. The van der Waals surface area contributed by atoms with Gasteiger partial charge in [0.2, 0.25) is 0 Å². The van der Waals surface area contributed by atoms with Crippen LogP contribution in [0, 0.1) is 0 Å². The zero-order chi connectivity index (χ0) is 7.56. The molecule has 0 atom stereocenters.